The average Bonchev–Trinajstić information content (AvgIpc) is 2.53. The molecule has 3 aromatic rings. The molecule has 0 spiro atoms. The zero-order valence-electron chi connectivity index (χ0n) is 11.8. The standard InChI is InChI=1S/C18H17N3/c1-2-11-19-12-13-20-18-14-7-3-5-9-16(14)21-17-10-6-4-8-15(17)18/h1,3-10,19H,11-13H2,(H,20,21). The molecule has 0 unspecified atom stereocenters. The second kappa shape index (κ2) is 6.25. The molecule has 0 bridgehead atoms. The number of hydrogen-bond donors (Lipinski definition) is 2. The summed E-state index contributed by atoms with van der Waals surface area (Å²) in [5.41, 5.74) is 3.16. The Balaban J connectivity index is 1.98. The third-order valence-electron chi connectivity index (χ3n) is 3.42. The van der Waals surface area contributed by atoms with Gasteiger partial charge in [-0.15, -0.1) is 6.42 Å². The van der Waals surface area contributed by atoms with Crippen molar-refractivity contribution in [3.63, 3.8) is 0 Å². The van der Waals surface area contributed by atoms with Crippen molar-refractivity contribution in [1.29, 1.82) is 0 Å². The van der Waals surface area contributed by atoms with Crippen molar-refractivity contribution >= 4 is 27.5 Å². The lowest BCUT2D eigenvalue weighted by Crippen LogP contribution is -2.22. The molecule has 2 aromatic carbocycles. The van der Waals surface area contributed by atoms with Crippen LogP contribution >= 0.6 is 0 Å². The number of anilines is 1. The van der Waals surface area contributed by atoms with E-state index in [1.165, 1.54) is 0 Å². The van der Waals surface area contributed by atoms with E-state index in [2.05, 4.69) is 28.7 Å². The summed E-state index contributed by atoms with van der Waals surface area (Å²) >= 11 is 0. The van der Waals surface area contributed by atoms with Crippen molar-refractivity contribution in [2.75, 3.05) is 25.0 Å². The van der Waals surface area contributed by atoms with E-state index in [0.29, 0.717) is 6.54 Å². The van der Waals surface area contributed by atoms with Gasteiger partial charge in [-0.1, -0.05) is 42.3 Å². The first kappa shape index (κ1) is 13.4. The van der Waals surface area contributed by atoms with Crippen LogP contribution in [0.2, 0.25) is 0 Å². The lowest BCUT2D eigenvalue weighted by atomic mass is 10.1. The minimum absolute atomic E-state index is 0.597. The molecule has 0 aliphatic rings. The predicted octanol–water partition coefficient (Wildman–Crippen LogP) is 3.02. The lowest BCUT2D eigenvalue weighted by Gasteiger charge is -2.13. The number of rotatable bonds is 5. The van der Waals surface area contributed by atoms with Crippen molar-refractivity contribution < 1.29 is 0 Å². The summed E-state index contributed by atoms with van der Waals surface area (Å²) in [5, 5.41) is 9.00. The number of aromatic nitrogens is 1. The maximum Gasteiger partial charge on any atom is 0.0730 e. The number of fused-ring (bicyclic) bond motifs is 2. The number of terminal acetylenes is 1. The third kappa shape index (κ3) is 2.81. The molecule has 3 nitrogen and oxygen atoms in total. The number of para-hydroxylation sites is 2. The Bertz CT molecular complexity index is 748. The Morgan fingerprint density at radius 2 is 1.52 bits per heavy atom. The summed E-state index contributed by atoms with van der Waals surface area (Å²) in [4.78, 5) is 4.71. The number of hydrogen-bond acceptors (Lipinski definition) is 3. The highest BCUT2D eigenvalue weighted by atomic mass is 14.9. The molecule has 2 N–H and O–H groups in total. The summed E-state index contributed by atoms with van der Waals surface area (Å²) in [5.74, 6) is 2.58. The summed E-state index contributed by atoms with van der Waals surface area (Å²) < 4.78 is 0. The van der Waals surface area contributed by atoms with Gasteiger partial charge in [-0.25, -0.2) is 4.98 Å². The van der Waals surface area contributed by atoms with Crippen molar-refractivity contribution in [1.82, 2.24) is 10.3 Å². The zero-order valence-corrected chi connectivity index (χ0v) is 11.8. The van der Waals surface area contributed by atoms with Crippen LogP contribution in [-0.4, -0.2) is 24.6 Å². The van der Waals surface area contributed by atoms with Gasteiger partial charge >= 0.3 is 0 Å². The molecule has 0 radical (unpaired) electrons. The lowest BCUT2D eigenvalue weighted by molar-refractivity contribution is 0.781. The maximum absolute atomic E-state index is 5.23. The first-order valence-corrected chi connectivity index (χ1v) is 7.05. The Hall–Kier alpha value is -2.57. The molecule has 1 aromatic heterocycles. The smallest absolute Gasteiger partial charge is 0.0730 e. The van der Waals surface area contributed by atoms with Crippen LogP contribution in [0.15, 0.2) is 48.5 Å². The number of nitrogens with one attached hydrogen (secondary N) is 2. The van der Waals surface area contributed by atoms with Gasteiger partial charge in [-0.3, -0.25) is 0 Å². The molecule has 0 fully saturated rings. The fraction of sp³-hybridized carbons (Fsp3) is 0.167. The maximum atomic E-state index is 5.23. The van der Waals surface area contributed by atoms with Crippen LogP contribution in [-0.2, 0) is 0 Å². The molecule has 0 amide bonds. The topological polar surface area (TPSA) is 37.0 Å². The second-order valence-corrected chi connectivity index (χ2v) is 4.83. The van der Waals surface area contributed by atoms with E-state index in [-0.39, 0.29) is 0 Å². The minimum atomic E-state index is 0.597. The van der Waals surface area contributed by atoms with Crippen LogP contribution in [0.3, 0.4) is 0 Å². The van der Waals surface area contributed by atoms with E-state index in [4.69, 9.17) is 11.4 Å². The highest BCUT2D eigenvalue weighted by Gasteiger charge is 2.07. The second-order valence-electron chi connectivity index (χ2n) is 4.83. The highest BCUT2D eigenvalue weighted by molar-refractivity contribution is 6.07. The van der Waals surface area contributed by atoms with Gasteiger partial charge in [-0.2, -0.15) is 0 Å². The van der Waals surface area contributed by atoms with E-state index >= 15 is 0 Å². The predicted molar refractivity (Wildman–Crippen MR) is 89.4 cm³/mol. The van der Waals surface area contributed by atoms with Gasteiger partial charge in [0.15, 0.2) is 0 Å². The van der Waals surface area contributed by atoms with Crippen molar-refractivity contribution in [3.05, 3.63) is 48.5 Å². The average molecular weight is 275 g/mol. The number of benzene rings is 2. The van der Waals surface area contributed by atoms with Crippen molar-refractivity contribution in [2.45, 2.75) is 0 Å². The first-order valence-electron chi connectivity index (χ1n) is 7.05. The van der Waals surface area contributed by atoms with Crippen LogP contribution in [0.25, 0.3) is 21.8 Å². The molecule has 3 rings (SSSR count). The molecular weight excluding hydrogens is 258 g/mol. The Morgan fingerprint density at radius 1 is 0.905 bits per heavy atom. The Kier molecular flexibility index (Phi) is 3.99. The quantitative estimate of drug-likeness (QED) is 0.427. The molecule has 3 heteroatoms. The Morgan fingerprint density at radius 3 is 2.14 bits per heavy atom. The van der Waals surface area contributed by atoms with Gasteiger partial charge in [0.2, 0.25) is 0 Å². The van der Waals surface area contributed by atoms with Gasteiger partial charge in [0.1, 0.15) is 0 Å². The number of nitrogens with zero attached hydrogens (tertiary/aromatic N) is 1. The van der Waals surface area contributed by atoms with Gasteiger partial charge < -0.3 is 10.6 Å². The molecule has 0 atom stereocenters. The normalized spacial score (nSPS) is 10.6. The van der Waals surface area contributed by atoms with Crippen molar-refractivity contribution in [3.8, 4) is 12.3 Å². The molecule has 0 saturated carbocycles. The van der Waals surface area contributed by atoms with Gasteiger partial charge in [-0.05, 0) is 12.1 Å². The summed E-state index contributed by atoms with van der Waals surface area (Å²) in [7, 11) is 0. The largest absolute Gasteiger partial charge is 0.383 e. The molecule has 0 aliphatic carbocycles. The van der Waals surface area contributed by atoms with Crippen LogP contribution in [0.1, 0.15) is 0 Å². The molecule has 21 heavy (non-hydrogen) atoms. The summed E-state index contributed by atoms with van der Waals surface area (Å²) in [6.45, 7) is 2.24. The van der Waals surface area contributed by atoms with E-state index in [0.717, 1.165) is 40.6 Å². The van der Waals surface area contributed by atoms with Crippen LogP contribution < -0.4 is 10.6 Å². The number of pyridine rings is 1. The fourth-order valence-corrected chi connectivity index (χ4v) is 2.47. The highest BCUT2D eigenvalue weighted by Crippen LogP contribution is 2.30. The first-order chi connectivity index (χ1) is 10.4. The van der Waals surface area contributed by atoms with Crippen LogP contribution in [0.5, 0.6) is 0 Å². The molecule has 104 valence electrons. The molecule has 1 heterocycles. The SMILES string of the molecule is C#CCNCCNc1c2ccccc2nc2ccccc12. The zero-order chi connectivity index (χ0) is 14.5. The fourth-order valence-electron chi connectivity index (χ4n) is 2.47. The Labute approximate surface area is 124 Å². The molecule has 0 aliphatic heterocycles. The van der Waals surface area contributed by atoms with E-state index < -0.39 is 0 Å². The van der Waals surface area contributed by atoms with E-state index in [9.17, 15) is 0 Å². The van der Waals surface area contributed by atoms with E-state index in [1.54, 1.807) is 0 Å². The van der Waals surface area contributed by atoms with Crippen LogP contribution in [0, 0.1) is 12.3 Å². The monoisotopic (exact) mass is 275 g/mol. The van der Waals surface area contributed by atoms with Gasteiger partial charge in [0.05, 0.1) is 23.3 Å². The van der Waals surface area contributed by atoms with Crippen LogP contribution in [0.4, 0.5) is 5.69 Å². The molecular formula is C18H17N3. The molecule has 0 saturated heterocycles. The summed E-state index contributed by atoms with van der Waals surface area (Å²) in [6, 6.07) is 16.4. The minimum Gasteiger partial charge on any atom is -0.383 e. The van der Waals surface area contributed by atoms with Gasteiger partial charge in [0, 0.05) is 23.9 Å². The van der Waals surface area contributed by atoms with E-state index in [1.807, 2.05) is 36.4 Å². The van der Waals surface area contributed by atoms with Crippen molar-refractivity contribution in [2.24, 2.45) is 0 Å². The summed E-state index contributed by atoms with van der Waals surface area (Å²) in [6.07, 6.45) is 5.23. The third-order valence-corrected chi connectivity index (χ3v) is 3.42. The van der Waals surface area contributed by atoms with Gasteiger partial charge in [0.25, 0.3) is 0 Å².